The molecule has 0 unspecified atom stereocenters. The number of nitrogens with one attached hydrogen (secondary N) is 1. The zero-order valence-corrected chi connectivity index (χ0v) is 13.9. The Morgan fingerprint density at radius 3 is 2.58 bits per heavy atom. The van der Waals surface area contributed by atoms with Gasteiger partial charge in [-0.05, 0) is 30.7 Å². The zero-order chi connectivity index (χ0) is 16.9. The van der Waals surface area contributed by atoms with Crippen molar-refractivity contribution in [3.8, 4) is 5.75 Å². The standard InChI is InChI=1S/C19H21N3O2/c1-3-17(24-14-9-5-4-6-10-14)19(23)20-13-18-21-15-11-7-8-12-16(15)22(18)2/h4-12,17H,3,13H2,1-2H3,(H,20,23)/t17-/m1/s1. The number of carbonyl (C=O) groups excluding carboxylic acids is 1. The van der Waals surface area contributed by atoms with Crippen LogP contribution in [0, 0.1) is 0 Å². The van der Waals surface area contributed by atoms with Gasteiger partial charge in [0.05, 0.1) is 17.6 Å². The van der Waals surface area contributed by atoms with E-state index in [1.807, 2.05) is 73.1 Å². The molecule has 1 amide bonds. The minimum absolute atomic E-state index is 0.131. The molecule has 3 aromatic rings. The lowest BCUT2D eigenvalue weighted by Crippen LogP contribution is -2.38. The van der Waals surface area contributed by atoms with Crippen molar-refractivity contribution in [1.82, 2.24) is 14.9 Å². The minimum atomic E-state index is -0.512. The van der Waals surface area contributed by atoms with Crippen LogP contribution >= 0.6 is 0 Å². The summed E-state index contributed by atoms with van der Waals surface area (Å²) in [5.74, 6) is 1.38. The van der Waals surface area contributed by atoms with E-state index >= 15 is 0 Å². The number of fused-ring (bicyclic) bond motifs is 1. The Morgan fingerprint density at radius 1 is 1.17 bits per heavy atom. The summed E-state index contributed by atoms with van der Waals surface area (Å²) in [5.41, 5.74) is 1.98. The molecule has 1 heterocycles. The van der Waals surface area contributed by atoms with E-state index in [0.717, 1.165) is 16.9 Å². The molecule has 3 rings (SSSR count). The molecule has 0 aliphatic carbocycles. The monoisotopic (exact) mass is 323 g/mol. The minimum Gasteiger partial charge on any atom is -0.481 e. The zero-order valence-electron chi connectivity index (χ0n) is 13.9. The number of ether oxygens (including phenoxy) is 1. The summed E-state index contributed by atoms with van der Waals surface area (Å²) in [6.07, 6.45) is 0.0885. The second kappa shape index (κ2) is 7.17. The number of nitrogens with zero attached hydrogens (tertiary/aromatic N) is 2. The normalized spacial score (nSPS) is 12.1. The highest BCUT2D eigenvalue weighted by Gasteiger charge is 2.19. The Morgan fingerprint density at radius 2 is 1.88 bits per heavy atom. The van der Waals surface area contributed by atoms with Crippen molar-refractivity contribution < 1.29 is 9.53 Å². The summed E-state index contributed by atoms with van der Waals surface area (Å²) in [6.45, 7) is 2.31. The molecule has 0 saturated heterocycles. The van der Waals surface area contributed by atoms with Crippen LogP contribution in [0.4, 0.5) is 0 Å². The Labute approximate surface area is 141 Å². The molecule has 0 spiro atoms. The van der Waals surface area contributed by atoms with Crippen LogP contribution in [-0.2, 0) is 18.4 Å². The number of para-hydroxylation sites is 3. The summed E-state index contributed by atoms with van der Waals surface area (Å²) in [4.78, 5) is 17.0. The van der Waals surface area contributed by atoms with Crippen LogP contribution in [0.3, 0.4) is 0 Å². The van der Waals surface area contributed by atoms with Crippen LogP contribution < -0.4 is 10.1 Å². The number of aromatic nitrogens is 2. The molecule has 0 aliphatic rings. The second-order valence-electron chi connectivity index (χ2n) is 5.62. The molecule has 24 heavy (non-hydrogen) atoms. The molecule has 1 aromatic heterocycles. The largest absolute Gasteiger partial charge is 0.481 e. The maximum Gasteiger partial charge on any atom is 0.261 e. The van der Waals surface area contributed by atoms with Gasteiger partial charge in [-0.25, -0.2) is 4.98 Å². The van der Waals surface area contributed by atoms with E-state index < -0.39 is 6.10 Å². The topological polar surface area (TPSA) is 56.1 Å². The summed E-state index contributed by atoms with van der Waals surface area (Å²) in [5, 5.41) is 2.92. The SMILES string of the molecule is CC[C@@H](Oc1ccccc1)C(=O)NCc1nc2ccccc2n1C. The molecule has 0 aliphatic heterocycles. The van der Waals surface area contributed by atoms with Gasteiger partial charge in [-0.15, -0.1) is 0 Å². The van der Waals surface area contributed by atoms with Crippen molar-refractivity contribution in [2.75, 3.05) is 0 Å². The molecule has 0 bridgehead atoms. The van der Waals surface area contributed by atoms with Gasteiger partial charge in [0.2, 0.25) is 0 Å². The van der Waals surface area contributed by atoms with Gasteiger partial charge in [0.1, 0.15) is 11.6 Å². The molecule has 0 saturated carbocycles. The number of imidazole rings is 1. The lowest BCUT2D eigenvalue weighted by molar-refractivity contribution is -0.128. The Balaban J connectivity index is 1.66. The van der Waals surface area contributed by atoms with E-state index in [9.17, 15) is 4.79 Å². The fourth-order valence-corrected chi connectivity index (χ4v) is 2.62. The van der Waals surface area contributed by atoms with E-state index in [1.54, 1.807) is 0 Å². The Hall–Kier alpha value is -2.82. The molecule has 1 N–H and O–H groups in total. The van der Waals surface area contributed by atoms with Crippen molar-refractivity contribution in [3.63, 3.8) is 0 Å². The van der Waals surface area contributed by atoms with Crippen LogP contribution in [0.2, 0.25) is 0 Å². The van der Waals surface area contributed by atoms with E-state index in [0.29, 0.717) is 18.7 Å². The molecular formula is C19H21N3O2. The van der Waals surface area contributed by atoms with Crippen molar-refractivity contribution in [1.29, 1.82) is 0 Å². The van der Waals surface area contributed by atoms with Gasteiger partial charge >= 0.3 is 0 Å². The lowest BCUT2D eigenvalue weighted by atomic mass is 10.2. The van der Waals surface area contributed by atoms with Crippen LogP contribution in [0.15, 0.2) is 54.6 Å². The highest BCUT2D eigenvalue weighted by atomic mass is 16.5. The van der Waals surface area contributed by atoms with Gasteiger partial charge < -0.3 is 14.6 Å². The van der Waals surface area contributed by atoms with E-state index in [-0.39, 0.29) is 5.91 Å². The van der Waals surface area contributed by atoms with Crippen LogP contribution in [0.25, 0.3) is 11.0 Å². The summed E-state index contributed by atoms with van der Waals surface area (Å²) in [7, 11) is 1.95. The average Bonchev–Trinajstić information content (AvgIpc) is 2.95. The highest BCUT2D eigenvalue weighted by molar-refractivity contribution is 5.81. The number of carbonyl (C=O) groups is 1. The third kappa shape index (κ3) is 3.40. The smallest absolute Gasteiger partial charge is 0.261 e. The first-order chi connectivity index (χ1) is 11.7. The molecular weight excluding hydrogens is 302 g/mol. The molecule has 2 aromatic carbocycles. The first-order valence-electron chi connectivity index (χ1n) is 8.08. The van der Waals surface area contributed by atoms with E-state index in [2.05, 4.69) is 10.3 Å². The second-order valence-corrected chi connectivity index (χ2v) is 5.62. The summed E-state index contributed by atoms with van der Waals surface area (Å²) in [6, 6.07) is 17.3. The first kappa shape index (κ1) is 16.1. The number of rotatable bonds is 6. The lowest BCUT2D eigenvalue weighted by Gasteiger charge is -2.17. The summed E-state index contributed by atoms with van der Waals surface area (Å²) >= 11 is 0. The molecule has 0 fully saturated rings. The average molecular weight is 323 g/mol. The fraction of sp³-hybridized carbons (Fsp3) is 0.263. The van der Waals surface area contributed by atoms with Crippen molar-refractivity contribution in [2.24, 2.45) is 7.05 Å². The molecule has 0 radical (unpaired) electrons. The predicted molar refractivity (Wildman–Crippen MR) is 93.7 cm³/mol. The predicted octanol–water partition coefficient (Wildman–Crippen LogP) is 3.05. The van der Waals surface area contributed by atoms with Gasteiger partial charge in [-0.2, -0.15) is 0 Å². The quantitative estimate of drug-likeness (QED) is 0.758. The van der Waals surface area contributed by atoms with Crippen LogP contribution in [0.1, 0.15) is 19.2 Å². The fourth-order valence-electron chi connectivity index (χ4n) is 2.62. The van der Waals surface area contributed by atoms with E-state index in [4.69, 9.17) is 4.74 Å². The third-order valence-electron chi connectivity index (χ3n) is 3.99. The van der Waals surface area contributed by atoms with Crippen molar-refractivity contribution in [3.05, 3.63) is 60.4 Å². The number of aryl methyl sites for hydroxylation is 1. The van der Waals surface area contributed by atoms with Gasteiger partial charge in [-0.3, -0.25) is 4.79 Å². The summed E-state index contributed by atoms with van der Waals surface area (Å²) < 4.78 is 7.76. The number of hydrogen-bond acceptors (Lipinski definition) is 3. The van der Waals surface area contributed by atoms with Crippen LogP contribution in [-0.4, -0.2) is 21.6 Å². The molecule has 5 heteroatoms. The van der Waals surface area contributed by atoms with Crippen LogP contribution in [0.5, 0.6) is 5.75 Å². The molecule has 124 valence electrons. The molecule has 1 atom stereocenters. The van der Waals surface area contributed by atoms with Gasteiger partial charge in [0.25, 0.3) is 5.91 Å². The van der Waals surface area contributed by atoms with Gasteiger partial charge in [0, 0.05) is 7.05 Å². The first-order valence-corrected chi connectivity index (χ1v) is 8.08. The Kier molecular flexibility index (Phi) is 4.79. The number of amides is 1. The van der Waals surface area contributed by atoms with Gasteiger partial charge in [0.15, 0.2) is 6.10 Å². The highest BCUT2D eigenvalue weighted by Crippen LogP contribution is 2.15. The van der Waals surface area contributed by atoms with Gasteiger partial charge in [-0.1, -0.05) is 37.3 Å². The maximum absolute atomic E-state index is 12.4. The van der Waals surface area contributed by atoms with E-state index in [1.165, 1.54) is 0 Å². The number of hydrogen-bond donors (Lipinski definition) is 1. The maximum atomic E-state index is 12.4. The number of benzene rings is 2. The van der Waals surface area contributed by atoms with Crippen molar-refractivity contribution in [2.45, 2.75) is 26.0 Å². The molecule has 5 nitrogen and oxygen atoms in total. The Bertz CT molecular complexity index is 827. The van der Waals surface area contributed by atoms with Crippen molar-refractivity contribution >= 4 is 16.9 Å². The third-order valence-corrected chi connectivity index (χ3v) is 3.99.